The third-order valence-corrected chi connectivity index (χ3v) is 4.96. The summed E-state index contributed by atoms with van der Waals surface area (Å²) >= 11 is 5.92. The van der Waals surface area contributed by atoms with Crippen molar-refractivity contribution in [2.24, 2.45) is 5.73 Å². The van der Waals surface area contributed by atoms with Gasteiger partial charge in [0, 0.05) is 37.7 Å². The quantitative estimate of drug-likeness (QED) is 0.770. The van der Waals surface area contributed by atoms with E-state index in [0.717, 1.165) is 30.2 Å². The molecule has 0 bridgehead atoms. The molecule has 1 saturated heterocycles. The minimum Gasteiger partial charge on any atom is -0.484 e. The zero-order valence-electron chi connectivity index (χ0n) is 15.6. The summed E-state index contributed by atoms with van der Waals surface area (Å²) in [4.78, 5) is 27.5. The van der Waals surface area contributed by atoms with Crippen molar-refractivity contribution in [3.05, 3.63) is 64.7 Å². The maximum Gasteiger partial charge on any atom is 0.260 e. The highest BCUT2D eigenvalue weighted by molar-refractivity contribution is 6.30. The Labute approximate surface area is 169 Å². The average Bonchev–Trinajstić information content (AvgIpc) is 2.69. The lowest BCUT2D eigenvalue weighted by Gasteiger charge is -2.34. The first kappa shape index (κ1) is 20.2. The summed E-state index contributed by atoms with van der Waals surface area (Å²) in [6, 6.07) is 14.9. The topological polar surface area (TPSA) is 75.9 Å². The Hall–Kier alpha value is -2.57. The standard InChI is InChI=1S/C21H24ClN3O3/c22-18-5-1-17(2-6-18)14-24-9-11-25(12-10-24)21(27)15-28-19-7-3-16(4-8-19)13-20(23)26/h1-8H,9-15H2,(H2,23,26). The lowest BCUT2D eigenvalue weighted by Crippen LogP contribution is -2.49. The molecule has 1 heterocycles. The van der Waals surface area contributed by atoms with Crippen LogP contribution in [-0.4, -0.2) is 54.4 Å². The molecule has 28 heavy (non-hydrogen) atoms. The van der Waals surface area contributed by atoms with Gasteiger partial charge in [-0.2, -0.15) is 0 Å². The molecule has 7 heteroatoms. The highest BCUT2D eigenvalue weighted by Gasteiger charge is 2.21. The summed E-state index contributed by atoms with van der Waals surface area (Å²) in [5.41, 5.74) is 7.21. The second-order valence-electron chi connectivity index (χ2n) is 6.86. The second-order valence-corrected chi connectivity index (χ2v) is 7.30. The minimum atomic E-state index is -0.376. The van der Waals surface area contributed by atoms with Crippen molar-refractivity contribution >= 4 is 23.4 Å². The number of hydrogen-bond acceptors (Lipinski definition) is 4. The number of amides is 2. The van der Waals surface area contributed by atoms with Gasteiger partial charge >= 0.3 is 0 Å². The van der Waals surface area contributed by atoms with Gasteiger partial charge in [-0.05, 0) is 35.4 Å². The lowest BCUT2D eigenvalue weighted by molar-refractivity contribution is -0.135. The number of rotatable bonds is 7. The van der Waals surface area contributed by atoms with Crippen LogP contribution in [0.2, 0.25) is 5.02 Å². The molecule has 2 amide bonds. The van der Waals surface area contributed by atoms with E-state index in [0.29, 0.717) is 18.8 Å². The molecule has 1 fully saturated rings. The first-order valence-corrected chi connectivity index (χ1v) is 9.62. The van der Waals surface area contributed by atoms with E-state index in [2.05, 4.69) is 4.90 Å². The van der Waals surface area contributed by atoms with Crippen LogP contribution in [0.25, 0.3) is 0 Å². The van der Waals surface area contributed by atoms with Gasteiger partial charge in [0.1, 0.15) is 5.75 Å². The number of nitrogens with two attached hydrogens (primary N) is 1. The number of ether oxygens (including phenoxy) is 1. The number of piperazine rings is 1. The van der Waals surface area contributed by atoms with E-state index in [1.54, 1.807) is 24.3 Å². The number of hydrogen-bond donors (Lipinski definition) is 1. The molecule has 0 spiro atoms. The third kappa shape index (κ3) is 5.97. The van der Waals surface area contributed by atoms with Crippen LogP contribution >= 0.6 is 11.6 Å². The van der Waals surface area contributed by atoms with Crippen molar-refractivity contribution in [2.45, 2.75) is 13.0 Å². The van der Waals surface area contributed by atoms with Crippen LogP contribution in [-0.2, 0) is 22.6 Å². The number of nitrogens with zero attached hydrogens (tertiary/aromatic N) is 2. The van der Waals surface area contributed by atoms with Crippen LogP contribution in [0.15, 0.2) is 48.5 Å². The molecule has 2 aromatic carbocycles. The fourth-order valence-electron chi connectivity index (χ4n) is 3.14. The number of carbonyl (C=O) groups is 2. The number of primary amides is 1. The van der Waals surface area contributed by atoms with E-state index < -0.39 is 0 Å². The number of carbonyl (C=O) groups excluding carboxylic acids is 2. The van der Waals surface area contributed by atoms with Crippen molar-refractivity contribution in [1.82, 2.24) is 9.80 Å². The molecule has 3 rings (SSSR count). The Kier molecular flexibility index (Phi) is 6.90. The second kappa shape index (κ2) is 9.57. The average molecular weight is 402 g/mol. The molecule has 0 aliphatic carbocycles. The van der Waals surface area contributed by atoms with Gasteiger partial charge in [0.25, 0.3) is 5.91 Å². The van der Waals surface area contributed by atoms with Gasteiger partial charge in [0.2, 0.25) is 5.91 Å². The molecule has 0 atom stereocenters. The zero-order valence-corrected chi connectivity index (χ0v) is 16.4. The summed E-state index contributed by atoms with van der Waals surface area (Å²) in [6.07, 6.45) is 0.194. The van der Waals surface area contributed by atoms with Gasteiger partial charge in [-0.3, -0.25) is 14.5 Å². The molecular weight excluding hydrogens is 378 g/mol. The Morgan fingerprint density at radius 1 is 0.929 bits per heavy atom. The molecule has 2 aromatic rings. The Bertz CT molecular complexity index is 801. The summed E-state index contributed by atoms with van der Waals surface area (Å²) in [5.74, 6) is 0.203. The summed E-state index contributed by atoms with van der Waals surface area (Å²) in [6.45, 7) is 3.90. The van der Waals surface area contributed by atoms with Gasteiger partial charge in [-0.25, -0.2) is 0 Å². The molecule has 0 aromatic heterocycles. The fourth-order valence-corrected chi connectivity index (χ4v) is 3.27. The van der Waals surface area contributed by atoms with Crippen LogP contribution in [0.4, 0.5) is 0 Å². The van der Waals surface area contributed by atoms with E-state index in [1.165, 1.54) is 5.56 Å². The van der Waals surface area contributed by atoms with E-state index in [4.69, 9.17) is 22.1 Å². The highest BCUT2D eigenvalue weighted by atomic mass is 35.5. The van der Waals surface area contributed by atoms with Crippen LogP contribution in [0.3, 0.4) is 0 Å². The van der Waals surface area contributed by atoms with Gasteiger partial charge in [-0.15, -0.1) is 0 Å². The molecule has 0 saturated carbocycles. The van der Waals surface area contributed by atoms with E-state index >= 15 is 0 Å². The van der Waals surface area contributed by atoms with Gasteiger partial charge in [0.15, 0.2) is 6.61 Å². The molecule has 1 aliphatic heterocycles. The highest BCUT2D eigenvalue weighted by Crippen LogP contribution is 2.15. The van der Waals surface area contributed by atoms with Crippen molar-refractivity contribution in [3.63, 3.8) is 0 Å². The van der Waals surface area contributed by atoms with E-state index in [9.17, 15) is 9.59 Å². The van der Waals surface area contributed by atoms with Gasteiger partial charge in [-0.1, -0.05) is 35.9 Å². The normalized spacial score (nSPS) is 14.7. The zero-order chi connectivity index (χ0) is 19.9. The maximum atomic E-state index is 12.4. The Morgan fingerprint density at radius 2 is 1.54 bits per heavy atom. The SMILES string of the molecule is NC(=O)Cc1ccc(OCC(=O)N2CCN(Cc3ccc(Cl)cc3)CC2)cc1. The Balaban J connectivity index is 1.41. The summed E-state index contributed by atoms with van der Waals surface area (Å²) in [7, 11) is 0. The third-order valence-electron chi connectivity index (χ3n) is 4.71. The van der Waals surface area contributed by atoms with Crippen molar-refractivity contribution in [1.29, 1.82) is 0 Å². The largest absolute Gasteiger partial charge is 0.484 e. The van der Waals surface area contributed by atoms with Crippen LogP contribution in [0, 0.1) is 0 Å². The minimum absolute atomic E-state index is 0.00630. The van der Waals surface area contributed by atoms with Gasteiger partial charge < -0.3 is 15.4 Å². The molecule has 1 aliphatic rings. The van der Waals surface area contributed by atoms with Crippen LogP contribution in [0.5, 0.6) is 5.75 Å². The summed E-state index contributed by atoms with van der Waals surface area (Å²) in [5, 5.41) is 0.738. The Morgan fingerprint density at radius 3 is 2.14 bits per heavy atom. The molecule has 6 nitrogen and oxygen atoms in total. The first-order valence-electron chi connectivity index (χ1n) is 9.24. The van der Waals surface area contributed by atoms with Crippen LogP contribution in [0.1, 0.15) is 11.1 Å². The molecule has 0 radical (unpaired) electrons. The van der Waals surface area contributed by atoms with Gasteiger partial charge in [0.05, 0.1) is 6.42 Å². The number of halogens is 1. The lowest BCUT2D eigenvalue weighted by atomic mass is 10.1. The molecule has 0 unspecified atom stereocenters. The first-order chi connectivity index (χ1) is 13.5. The molecular formula is C21H24ClN3O3. The van der Waals surface area contributed by atoms with Crippen molar-refractivity contribution in [2.75, 3.05) is 32.8 Å². The van der Waals surface area contributed by atoms with Crippen LogP contribution < -0.4 is 10.5 Å². The predicted octanol–water partition coefficient (Wildman–Crippen LogP) is 2.09. The number of benzene rings is 2. The predicted molar refractivity (Wildman–Crippen MR) is 108 cm³/mol. The van der Waals surface area contributed by atoms with Crippen molar-refractivity contribution < 1.29 is 14.3 Å². The maximum absolute atomic E-state index is 12.4. The van der Waals surface area contributed by atoms with E-state index in [1.807, 2.05) is 29.2 Å². The monoisotopic (exact) mass is 401 g/mol. The molecule has 2 N–H and O–H groups in total. The fraction of sp³-hybridized carbons (Fsp3) is 0.333. The van der Waals surface area contributed by atoms with E-state index in [-0.39, 0.29) is 24.8 Å². The smallest absolute Gasteiger partial charge is 0.260 e. The summed E-state index contributed by atoms with van der Waals surface area (Å²) < 4.78 is 5.58. The van der Waals surface area contributed by atoms with Crippen molar-refractivity contribution in [3.8, 4) is 5.75 Å². The molecule has 148 valence electrons.